The molecule has 0 saturated carbocycles. The molecule has 0 aliphatic carbocycles. The van der Waals surface area contributed by atoms with E-state index in [9.17, 15) is 0 Å². The highest BCUT2D eigenvalue weighted by Gasteiger charge is 2.05. The Morgan fingerprint density at radius 2 is 1.68 bits per heavy atom. The van der Waals surface area contributed by atoms with Gasteiger partial charge >= 0.3 is 0 Å². The van der Waals surface area contributed by atoms with Gasteiger partial charge in [0.1, 0.15) is 11.1 Å². The second-order valence-electron chi connectivity index (χ2n) is 3.99. The topological polar surface area (TPSA) is 49.8 Å². The van der Waals surface area contributed by atoms with Crippen LogP contribution >= 0.6 is 12.2 Å². The number of nitriles is 1. The summed E-state index contributed by atoms with van der Waals surface area (Å²) in [5, 5.41) is 9.03. The minimum Gasteiger partial charge on any atom is -0.389 e. The smallest absolute Gasteiger partial charge is 0.114 e. The van der Waals surface area contributed by atoms with Crippen molar-refractivity contribution in [2.75, 3.05) is 0 Å². The monoisotopic (exact) mass is 264 g/mol. The lowest BCUT2D eigenvalue weighted by Crippen LogP contribution is -2.09. The fraction of sp³-hybridized carbons (Fsp3) is 0. The van der Waals surface area contributed by atoms with E-state index in [0.29, 0.717) is 5.57 Å². The fourth-order valence-corrected chi connectivity index (χ4v) is 1.92. The zero-order chi connectivity index (χ0) is 13.7. The van der Waals surface area contributed by atoms with E-state index in [0.717, 1.165) is 16.7 Å². The molecule has 0 saturated heterocycles. The maximum Gasteiger partial charge on any atom is 0.114 e. The van der Waals surface area contributed by atoms with Crippen molar-refractivity contribution in [3.63, 3.8) is 0 Å². The van der Waals surface area contributed by atoms with Gasteiger partial charge in [0.15, 0.2) is 0 Å². The van der Waals surface area contributed by atoms with Crippen LogP contribution in [0.25, 0.3) is 17.2 Å². The van der Waals surface area contributed by atoms with Gasteiger partial charge in [-0.1, -0.05) is 66.8 Å². The Kier molecular flexibility index (Phi) is 4.07. The Morgan fingerprint density at radius 3 is 2.32 bits per heavy atom. The van der Waals surface area contributed by atoms with E-state index in [1.807, 2.05) is 60.7 Å². The summed E-state index contributed by atoms with van der Waals surface area (Å²) in [5.74, 6) is 0. The number of nitrogens with zero attached hydrogens (tertiary/aromatic N) is 1. The van der Waals surface area contributed by atoms with Crippen LogP contribution in [0.2, 0.25) is 0 Å². The van der Waals surface area contributed by atoms with E-state index < -0.39 is 0 Å². The van der Waals surface area contributed by atoms with Crippen LogP contribution in [0.3, 0.4) is 0 Å². The van der Waals surface area contributed by atoms with Crippen LogP contribution in [0.15, 0.2) is 60.2 Å². The first-order valence-corrected chi connectivity index (χ1v) is 6.19. The predicted molar refractivity (Wildman–Crippen MR) is 82.3 cm³/mol. The van der Waals surface area contributed by atoms with Crippen molar-refractivity contribution < 1.29 is 0 Å². The van der Waals surface area contributed by atoms with Gasteiger partial charge < -0.3 is 5.73 Å². The van der Waals surface area contributed by atoms with E-state index >= 15 is 0 Å². The molecule has 2 N–H and O–H groups in total. The van der Waals surface area contributed by atoms with Crippen molar-refractivity contribution in [2.45, 2.75) is 0 Å². The number of hydrogen-bond acceptors (Lipinski definition) is 2. The van der Waals surface area contributed by atoms with Gasteiger partial charge in [0, 0.05) is 0 Å². The first-order valence-electron chi connectivity index (χ1n) is 5.78. The standard InChI is InChI=1S/C16H12N2S/c17-11-14(16(18)19)10-13-8-4-5-9-15(13)12-6-2-1-3-7-12/h1-10H,(H2,18,19). The number of benzene rings is 2. The SMILES string of the molecule is N#CC(=Cc1ccccc1-c1ccccc1)C(N)=S. The molecule has 2 aromatic carbocycles. The summed E-state index contributed by atoms with van der Waals surface area (Å²) in [6.45, 7) is 0. The molecule has 0 spiro atoms. The van der Waals surface area contributed by atoms with E-state index in [-0.39, 0.29) is 4.99 Å². The lowest BCUT2D eigenvalue weighted by atomic mass is 9.98. The van der Waals surface area contributed by atoms with E-state index in [1.165, 1.54) is 0 Å². The molecule has 0 unspecified atom stereocenters. The molecular weight excluding hydrogens is 252 g/mol. The number of thiocarbonyl (C=S) groups is 1. The van der Waals surface area contributed by atoms with Gasteiger partial charge in [-0.3, -0.25) is 0 Å². The average Bonchev–Trinajstić information content (AvgIpc) is 2.45. The molecule has 0 atom stereocenters. The summed E-state index contributed by atoms with van der Waals surface area (Å²) in [5.41, 5.74) is 8.91. The second kappa shape index (κ2) is 5.94. The zero-order valence-electron chi connectivity index (χ0n) is 10.2. The molecule has 0 fully saturated rings. The highest BCUT2D eigenvalue weighted by atomic mass is 32.1. The Labute approximate surface area is 117 Å². The van der Waals surface area contributed by atoms with Gasteiger partial charge in [0.2, 0.25) is 0 Å². The molecule has 2 rings (SSSR count). The summed E-state index contributed by atoms with van der Waals surface area (Å²) in [6, 6.07) is 19.8. The minimum absolute atomic E-state index is 0.116. The van der Waals surface area contributed by atoms with Gasteiger partial charge in [-0.25, -0.2) is 0 Å². The molecule has 0 bridgehead atoms. The van der Waals surface area contributed by atoms with E-state index in [4.69, 9.17) is 23.2 Å². The summed E-state index contributed by atoms with van der Waals surface area (Å²) in [7, 11) is 0. The van der Waals surface area contributed by atoms with Gasteiger partial charge in [0.25, 0.3) is 0 Å². The van der Waals surface area contributed by atoms with Crippen molar-refractivity contribution in [3.8, 4) is 17.2 Å². The third-order valence-electron chi connectivity index (χ3n) is 2.73. The van der Waals surface area contributed by atoms with Crippen molar-refractivity contribution in [1.29, 1.82) is 5.26 Å². The average molecular weight is 264 g/mol. The number of rotatable bonds is 3. The van der Waals surface area contributed by atoms with Crippen LogP contribution in [-0.2, 0) is 0 Å². The molecule has 2 aromatic rings. The summed E-state index contributed by atoms with van der Waals surface area (Å²) < 4.78 is 0. The molecule has 0 heterocycles. The van der Waals surface area contributed by atoms with Crippen molar-refractivity contribution in [3.05, 3.63) is 65.7 Å². The summed E-state index contributed by atoms with van der Waals surface area (Å²) in [4.78, 5) is 0.116. The van der Waals surface area contributed by atoms with E-state index in [2.05, 4.69) is 0 Å². The van der Waals surface area contributed by atoms with E-state index in [1.54, 1.807) is 6.08 Å². The molecule has 0 radical (unpaired) electrons. The third kappa shape index (κ3) is 3.06. The largest absolute Gasteiger partial charge is 0.389 e. The molecule has 0 aliphatic rings. The molecular formula is C16H12N2S. The first-order chi connectivity index (χ1) is 9.22. The first kappa shape index (κ1) is 13.0. The molecule has 19 heavy (non-hydrogen) atoms. The lowest BCUT2D eigenvalue weighted by molar-refractivity contribution is 1.51. The highest BCUT2D eigenvalue weighted by Crippen LogP contribution is 2.25. The lowest BCUT2D eigenvalue weighted by Gasteiger charge is -2.06. The molecule has 0 aromatic heterocycles. The van der Waals surface area contributed by atoms with Gasteiger partial charge in [-0.15, -0.1) is 0 Å². The van der Waals surface area contributed by atoms with Crippen molar-refractivity contribution >= 4 is 23.3 Å². The number of nitrogens with two attached hydrogens (primary N) is 1. The van der Waals surface area contributed by atoms with Crippen LogP contribution < -0.4 is 5.73 Å². The fourth-order valence-electron chi connectivity index (χ4n) is 1.82. The number of hydrogen-bond donors (Lipinski definition) is 1. The Balaban J connectivity index is 2.55. The van der Waals surface area contributed by atoms with Gasteiger partial charge in [0.05, 0.1) is 5.57 Å². The normalized spacial score (nSPS) is 10.8. The summed E-state index contributed by atoms with van der Waals surface area (Å²) in [6.07, 6.45) is 1.73. The quantitative estimate of drug-likeness (QED) is 0.524. The van der Waals surface area contributed by atoms with Crippen LogP contribution in [0.5, 0.6) is 0 Å². The maximum atomic E-state index is 9.03. The highest BCUT2D eigenvalue weighted by molar-refractivity contribution is 7.80. The summed E-state index contributed by atoms with van der Waals surface area (Å²) >= 11 is 4.86. The minimum atomic E-state index is 0.116. The van der Waals surface area contributed by atoms with Crippen LogP contribution in [-0.4, -0.2) is 4.99 Å². The third-order valence-corrected chi connectivity index (χ3v) is 2.95. The van der Waals surface area contributed by atoms with Crippen LogP contribution in [0, 0.1) is 11.3 Å². The van der Waals surface area contributed by atoms with Crippen molar-refractivity contribution in [1.82, 2.24) is 0 Å². The van der Waals surface area contributed by atoms with Crippen molar-refractivity contribution in [2.24, 2.45) is 5.73 Å². The molecule has 0 amide bonds. The Hall–Kier alpha value is -2.44. The Bertz CT molecular complexity index is 667. The van der Waals surface area contributed by atoms with Crippen LogP contribution in [0.1, 0.15) is 5.56 Å². The predicted octanol–water partition coefficient (Wildman–Crippen LogP) is 3.55. The molecule has 2 nitrogen and oxygen atoms in total. The molecule has 0 aliphatic heterocycles. The molecule has 3 heteroatoms. The second-order valence-corrected chi connectivity index (χ2v) is 4.43. The van der Waals surface area contributed by atoms with Gasteiger partial charge in [-0.05, 0) is 22.8 Å². The maximum absolute atomic E-state index is 9.03. The molecule has 92 valence electrons. The van der Waals surface area contributed by atoms with Crippen LogP contribution in [0.4, 0.5) is 0 Å². The van der Waals surface area contributed by atoms with Gasteiger partial charge in [-0.2, -0.15) is 5.26 Å². The Morgan fingerprint density at radius 1 is 1.05 bits per heavy atom. The zero-order valence-corrected chi connectivity index (χ0v) is 11.0.